The number of hydrogen-bond donors (Lipinski definition) is 1. The van der Waals surface area contributed by atoms with Gasteiger partial charge in [-0.1, -0.05) is 0 Å². The van der Waals surface area contributed by atoms with Crippen LogP contribution in [-0.4, -0.2) is 19.6 Å². The van der Waals surface area contributed by atoms with Gasteiger partial charge in [0, 0.05) is 0 Å². The van der Waals surface area contributed by atoms with E-state index in [0.717, 1.165) is 10.5 Å². The molecular weight excluding hydrogens is 260 g/mol. The molecule has 2 rings (SSSR count). The van der Waals surface area contributed by atoms with Crippen LogP contribution in [0.1, 0.15) is 5.56 Å². The molecule has 15 heavy (non-hydrogen) atoms. The second-order valence-corrected chi connectivity index (χ2v) is 4.86. The van der Waals surface area contributed by atoms with E-state index in [-0.39, 0.29) is 20.3 Å². The molecule has 1 heterocycles. The number of phenols is 1. The van der Waals surface area contributed by atoms with Crippen molar-refractivity contribution in [1.29, 1.82) is 5.26 Å². The summed E-state index contributed by atoms with van der Waals surface area (Å²) in [5.74, 6) is -0.586. The molecule has 1 aromatic heterocycles. The minimum atomic E-state index is -0.483. The average Bonchev–Trinajstić information content (AvgIpc) is 2.65. The summed E-state index contributed by atoms with van der Waals surface area (Å²) in [6.07, 6.45) is 0. The fourth-order valence-corrected chi connectivity index (χ4v) is 3.13. The van der Waals surface area contributed by atoms with Gasteiger partial charge in [0.1, 0.15) is 0 Å². The summed E-state index contributed by atoms with van der Waals surface area (Å²) in [5.41, 5.74) is 0.925. The number of aromatic hydroxyl groups is 1. The first-order valence-corrected chi connectivity index (χ1v) is 6.03. The summed E-state index contributed by atoms with van der Waals surface area (Å²) < 4.78 is 14.2. The Kier molecular flexibility index (Phi) is 2.59. The van der Waals surface area contributed by atoms with Crippen LogP contribution in [0.3, 0.4) is 0 Å². The Labute approximate surface area is 92.0 Å². The number of benzene rings is 1. The summed E-state index contributed by atoms with van der Waals surface area (Å²) in [4.78, 5) is 1.88. The van der Waals surface area contributed by atoms with Gasteiger partial charge >= 0.3 is 91.7 Å². The average molecular weight is 266 g/mol. The predicted molar refractivity (Wildman–Crippen MR) is 55.2 cm³/mol. The van der Waals surface area contributed by atoms with E-state index in [1.807, 2.05) is 11.0 Å². The van der Waals surface area contributed by atoms with Gasteiger partial charge in [-0.25, -0.2) is 0 Å². The Morgan fingerprint density at radius 1 is 1.33 bits per heavy atom. The third kappa shape index (κ3) is 1.80. The predicted octanol–water partition coefficient (Wildman–Crippen LogP) is 2.13. The fraction of sp³-hybridized carbons (Fsp3) is 0. The third-order valence-electron chi connectivity index (χ3n) is 1.98. The van der Waals surface area contributed by atoms with Crippen molar-refractivity contribution in [1.82, 2.24) is 0 Å². The summed E-state index contributed by atoms with van der Waals surface area (Å²) in [6.45, 7) is 0. The molecule has 0 aliphatic heterocycles. The maximum atomic E-state index is 13.5. The fourth-order valence-electron chi connectivity index (χ4n) is 1.29. The van der Waals surface area contributed by atoms with Crippen LogP contribution in [0.5, 0.6) is 5.75 Å². The van der Waals surface area contributed by atoms with Gasteiger partial charge in [-0.2, -0.15) is 0 Å². The van der Waals surface area contributed by atoms with Crippen LogP contribution in [-0.2, 0) is 0 Å². The van der Waals surface area contributed by atoms with Gasteiger partial charge in [0.05, 0.1) is 0 Å². The Bertz CT molecular complexity index is 542. The number of rotatable bonds is 1. The SMILES string of the molecule is N#Cc1cc[se]c1-c1ccc(O)cc1F. The summed E-state index contributed by atoms with van der Waals surface area (Å²) >= 11 is 0.00285. The van der Waals surface area contributed by atoms with Crippen LogP contribution in [0.4, 0.5) is 4.39 Å². The van der Waals surface area contributed by atoms with Gasteiger partial charge in [0.2, 0.25) is 0 Å². The molecule has 1 N–H and O–H groups in total. The first kappa shape index (κ1) is 9.97. The van der Waals surface area contributed by atoms with Crippen molar-refractivity contribution < 1.29 is 9.50 Å². The van der Waals surface area contributed by atoms with Gasteiger partial charge in [-0.3, -0.25) is 0 Å². The van der Waals surface area contributed by atoms with Crippen molar-refractivity contribution in [3.05, 3.63) is 40.6 Å². The van der Waals surface area contributed by atoms with Gasteiger partial charge in [-0.05, 0) is 0 Å². The van der Waals surface area contributed by atoms with E-state index in [1.165, 1.54) is 12.1 Å². The molecule has 0 fully saturated rings. The van der Waals surface area contributed by atoms with E-state index in [0.29, 0.717) is 11.1 Å². The van der Waals surface area contributed by atoms with Crippen molar-refractivity contribution in [3.63, 3.8) is 0 Å². The molecule has 0 bridgehead atoms. The first-order chi connectivity index (χ1) is 7.22. The molecular formula is C11H6FNOSe. The van der Waals surface area contributed by atoms with Gasteiger partial charge < -0.3 is 0 Å². The third-order valence-corrected chi connectivity index (χ3v) is 3.97. The number of nitriles is 1. The summed E-state index contributed by atoms with van der Waals surface area (Å²) in [6, 6.07) is 7.74. The van der Waals surface area contributed by atoms with Crippen molar-refractivity contribution >= 4 is 14.5 Å². The molecule has 0 saturated heterocycles. The molecule has 1 aromatic carbocycles. The molecule has 0 aliphatic rings. The molecule has 0 atom stereocenters. The zero-order valence-electron chi connectivity index (χ0n) is 7.57. The van der Waals surface area contributed by atoms with E-state index in [2.05, 4.69) is 0 Å². The molecule has 0 radical (unpaired) electrons. The van der Waals surface area contributed by atoms with Gasteiger partial charge in [0.25, 0.3) is 0 Å². The first-order valence-electron chi connectivity index (χ1n) is 4.19. The maximum absolute atomic E-state index is 13.5. The van der Waals surface area contributed by atoms with Gasteiger partial charge in [0.15, 0.2) is 0 Å². The monoisotopic (exact) mass is 267 g/mol. The van der Waals surface area contributed by atoms with E-state index in [1.54, 1.807) is 6.07 Å². The standard InChI is InChI=1S/C11H6FNOSe/c12-10-5-8(14)1-2-9(10)11-7(6-13)3-4-15-11/h1-5,14H. The number of nitrogens with zero attached hydrogens (tertiary/aromatic N) is 1. The second kappa shape index (κ2) is 3.90. The normalized spacial score (nSPS) is 9.87. The Morgan fingerprint density at radius 3 is 2.80 bits per heavy atom. The van der Waals surface area contributed by atoms with Crippen molar-refractivity contribution in [2.75, 3.05) is 0 Å². The molecule has 0 saturated carbocycles. The van der Waals surface area contributed by atoms with Crippen LogP contribution < -0.4 is 0 Å². The summed E-state index contributed by atoms with van der Waals surface area (Å²) in [7, 11) is 0. The Hall–Kier alpha value is -1.56. The quantitative estimate of drug-likeness (QED) is 0.803. The van der Waals surface area contributed by atoms with Crippen LogP contribution in [0, 0.1) is 17.1 Å². The van der Waals surface area contributed by atoms with Crippen LogP contribution in [0.25, 0.3) is 10.0 Å². The van der Waals surface area contributed by atoms with E-state index in [4.69, 9.17) is 10.4 Å². The van der Waals surface area contributed by atoms with Crippen molar-refractivity contribution in [2.45, 2.75) is 0 Å². The topological polar surface area (TPSA) is 44.0 Å². The zero-order chi connectivity index (χ0) is 10.8. The van der Waals surface area contributed by atoms with E-state index < -0.39 is 5.82 Å². The number of hydrogen-bond acceptors (Lipinski definition) is 2. The molecule has 2 aromatic rings. The zero-order valence-corrected chi connectivity index (χ0v) is 9.28. The number of phenolic OH excluding ortho intramolecular Hbond substituents is 1. The molecule has 4 heteroatoms. The Morgan fingerprint density at radius 2 is 2.13 bits per heavy atom. The number of halogens is 1. The van der Waals surface area contributed by atoms with Crippen LogP contribution >= 0.6 is 0 Å². The van der Waals surface area contributed by atoms with E-state index >= 15 is 0 Å². The van der Waals surface area contributed by atoms with Gasteiger partial charge in [-0.15, -0.1) is 0 Å². The van der Waals surface area contributed by atoms with Crippen LogP contribution in [0.2, 0.25) is 0 Å². The molecule has 74 valence electrons. The molecule has 2 nitrogen and oxygen atoms in total. The molecule has 0 aliphatic carbocycles. The van der Waals surface area contributed by atoms with Crippen LogP contribution in [0.15, 0.2) is 29.2 Å². The minimum absolute atomic E-state index is 0.00285. The van der Waals surface area contributed by atoms with E-state index in [9.17, 15) is 4.39 Å². The van der Waals surface area contributed by atoms with Crippen molar-refractivity contribution in [3.8, 4) is 21.8 Å². The van der Waals surface area contributed by atoms with Crippen molar-refractivity contribution in [2.24, 2.45) is 0 Å². The molecule has 0 spiro atoms. The Balaban J connectivity index is 2.60. The molecule has 0 amide bonds. The second-order valence-electron chi connectivity index (χ2n) is 2.94. The summed E-state index contributed by atoms with van der Waals surface area (Å²) in [5, 5.41) is 17.9. The molecule has 0 unspecified atom stereocenters.